The van der Waals surface area contributed by atoms with Crippen molar-refractivity contribution in [2.24, 2.45) is 0 Å². The summed E-state index contributed by atoms with van der Waals surface area (Å²) in [5.74, 6) is -0.268. The summed E-state index contributed by atoms with van der Waals surface area (Å²) in [6.45, 7) is 0. The van der Waals surface area contributed by atoms with Crippen molar-refractivity contribution < 1.29 is 4.79 Å². The Balaban J connectivity index is 2.44. The number of hydrogen-bond acceptors (Lipinski definition) is 2. The van der Waals surface area contributed by atoms with Gasteiger partial charge in [-0.1, -0.05) is 23.2 Å². The summed E-state index contributed by atoms with van der Waals surface area (Å²) in [5, 5.41) is 7.46. The Morgan fingerprint density at radius 1 is 1.29 bits per heavy atom. The van der Waals surface area contributed by atoms with Crippen LogP contribution < -0.4 is 5.32 Å². The summed E-state index contributed by atoms with van der Waals surface area (Å²) >= 11 is 11.9. The van der Waals surface area contributed by atoms with Crippen LogP contribution in [0.1, 0.15) is 10.4 Å². The normalized spacial score (nSPS) is 10.3. The van der Waals surface area contributed by atoms with Gasteiger partial charge in [-0.25, -0.2) is 4.68 Å². The van der Waals surface area contributed by atoms with Crippen LogP contribution in [0.25, 0.3) is 5.69 Å². The highest BCUT2D eigenvalue weighted by Crippen LogP contribution is 2.21. The zero-order valence-electron chi connectivity index (χ0n) is 8.95. The number of aromatic nitrogens is 2. The quantitative estimate of drug-likeness (QED) is 0.911. The van der Waals surface area contributed by atoms with Crippen LogP contribution in [-0.2, 0) is 0 Å². The molecule has 1 heterocycles. The molecule has 1 aromatic heterocycles. The largest absolute Gasteiger partial charge is 0.355 e. The number of nitrogens with one attached hydrogen (secondary N) is 1. The molecule has 0 bridgehead atoms. The third kappa shape index (κ3) is 2.28. The fourth-order valence-corrected chi connectivity index (χ4v) is 1.78. The van der Waals surface area contributed by atoms with Gasteiger partial charge in [0.2, 0.25) is 0 Å². The van der Waals surface area contributed by atoms with Gasteiger partial charge in [0.1, 0.15) is 5.15 Å². The van der Waals surface area contributed by atoms with Crippen LogP contribution in [0, 0.1) is 0 Å². The van der Waals surface area contributed by atoms with Crippen molar-refractivity contribution in [1.82, 2.24) is 15.1 Å². The van der Waals surface area contributed by atoms with Crippen molar-refractivity contribution in [3.63, 3.8) is 0 Å². The molecule has 1 amide bonds. The van der Waals surface area contributed by atoms with Gasteiger partial charge in [0.15, 0.2) is 0 Å². The molecule has 6 heteroatoms. The fraction of sp³-hybridized carbons (Fsp3) is 0.0909. The molecule has 4 nitrogen and oxygen atoms in total. The van der Waals surface area contributed by atoms with Crippen LogP contribution >= 0.6 is 23.2 Å². The molecule has 0 saturated carbocycles. The molecular formula is C11H9Cl2N3O. The maximum absolute atomic E-state index is 11.5. The summed E-state index contributed by atoms with van der Waals surface area (Å²) in [4.78, 5) is 11.5. The van der Waals surface area contributed by atoms with Gasteiger partial charge in [-0.15, -0.1) is 0 Å². The van der Waals surface area contributed by atoms with E-state index in [0.29, 0.717) is 10.6 Å². The molecule has 1 N–H and O–H groups in total. The van der Waals surface area contributed by atoms with E-state index in [1.165, 1.54) is 17.9 Å². The minimum absolute atomic E-state index is 0.268. The number of amides is 1. The molecule has 2 rings (SSSR count). The van der Waals surface area contributed by atoms with E-state index in [9.17, 15) is 4.79 Å². The first kappa shape index (κ1) is 12.0. The van der Waals surface area contributed by atoms with E-state index in [1.807, 2.05) is 0 Å². The Kier molecular flexibility index (Phi) is 3.36. The minimum Gasteiger partial charge on any atom is -0.355 e. The van der Waals surface area contributed by atoms with E-state index in [2.05, 4.69) is 10.4 Å². The smallest absolute Gasteiger partial charge is 0.255 e. The lowest BCUT2D eigenvalue weighted by atomic mass is 10.3. The lowest BCUT2D eigenvalue weighted by Crippen LogP contribution is -2.17. The number of hydrogen-bond donors (Lipinski definition) is 1. The molecule has 2 aromatic rings. The van der Waals surface area contributed by atoms with Gasteiger partial charge in [0, 0.05) is 12.1 Å². The summed E-state index contributed by atoms with van der Waals surface area (Å²) < 4.78 is 1.47. The fourth-order valence-electron chi connectivity index (χ4n) is 1.38. The first-order chi connectivity index (χ1) is 8.13. The molecule has 0 aliphatic heterocycles. The summed E-state index contributed by atoms with van der Waals surface area (Å²) in [6, 6.07) is 7.01. The molecule has 0 unspecified atom stereocenters. The van der Waals surface area contributed by atoms with Crippen LogP contribution in [0.5, 0.6) is 0 Å². The van der Waals surface area contributed by atoms with E-state index in [-0.39, 0.29) is 11.1 Å². The predicted octanol–water partition coefficient (Wildman–Crippen LogP) is 2.54. The number of benzene rings is 1. The van der Waals surface area contributed by atoms with Crippen LogP contribution in [0.15, 0.2) is 30.5 Å². The monoisotopic (exact) mass is 269 g/mol. The predicted molar refractivity (Wildman–Crippen MR) is 67.0 cm³/mol. The molecule has 0 aliphatic rings. The van der Waals surface area contributed by atoms with Crippen molar-refractivity contribution in [2.45, 2.75) is 0 Å². The zero-order valence-corrected chi connectivity index (χ0v) is 10.5. The lowest BCUT2D eigenvalue weighted by molar-refractivity contribution is 0.0963. The van der Waals surface area contributed by atoms with E-state index in [0.717, 1.165) is 5.69 Å². The number of rotatable bonds is 2. The average molecular weight is 270 g/mol. The van der Waals surface area contributed by atoms with Crippen molar-refractivity contribution in [3.8, 4) is 5.69 Å². The summed E-state index contributed by atoms with van der Waals surface area (Å²) in [5.41, 5.74) is 1.08. The molecule has 1 aromatic carbocycles. The second-order valence-corrected chi connectivity index (χ2v) is 4.11. The van der Waals surface area contributed by atoms with E-state index in [4.69, 9.17) is 23.2 Å². The topological polar surface area (TPSA) is 46.9 Å². The molecule has 17 heavy (non-hydrogen) atoms. The van der Waals surface area contributed by atoms with Crippen LogP contribution in [0.4, 0.5) is 0 Å². The maximum atomic E-state index is 11.5. The molecule has 0 atom stereocenters. The first-order valence-corrected chi connectivity index (χ1v) is 5.60. The molecule has 88 valence electrons. The highest BCUT2D eigenvalue weighted by atomic mass is 35.5. The Morgan fingerprint density at radius 3 is 2.53 bits per heavy atom. The van der Waals surface area contributed by atoms with Crippen molar-refractivity contribution in [1.29, 1.82) is 0 Å². The van der Waals surface area contributed by atoms with Gasteiger partial charge in [0.05, 0.1) is 17.4 Å². The third-order valence-electron chi connectivity index (χ3n) is 2.25. The molecule has 0 radical (unpaired) electrons. The molecular weight excluding hydrogens is 261 g/mol. The van der Waals surface area contributed by atoms with Crippen molar-refractivity contribution in [2.75, 3.05) is 7.05 Å². The Hall–Kier alpha value is -1.52. The Morgan fingerprint density at radius 2 is 1.94 bits per heavy atom. The van der Waals surface area contributed by atoms with Crippen LogP contribution in [0.3, 0.4) is 0 Å². The number of halogens is 2. The third-order valence-corrected chi connectivity index (χ3v) is 2.87. The highest BCUT2D eigenvalue weighted by molar-refractivity contribution is 6.33. The molecule has 0 aliphatic carbocycles. The van der Waals surface area contributed by atoms with Gasteiger partial charge in [-0.2, -0.15) is 5.10 Å². The molecule has 0 saturated heterocycles. The number of carbonyl (C=O) groups excluding carboxylic acids is 1. The van der Waals surface area contributed by atoms with Crippen LogP contribution in [-0.4, -0.2) is 22.7 Å². The highest BCUT2D eigenvalue weighted by Gasteiger charge is 2.15. The minimum atomic E-state index is -0.268. The van der Waals surface area contributed by atoms with E-state index < -0.39 is 0 Å². The standard InChI is InChI=1S/C11H9Cl2N3O/c1-14-11(17)9-6-15-16(10(9)13)8-4-2-7(12)3-5-8/h2-6H,1H3,(H,14,17). The maximum Gasteiger partial charge on any atom is 0.255 e. The zero-order chi connectivity index (χ0) is 12.4. The summed E-state index contributed by atoms with van der Waals surface area (Å²) in [7, 11) is 1.54. The summed E-state index contributed by atoms with van der Waals surface area (Å²) in [6.07, 6.45) is 1.43. The SMILES string of the molecule is CNC(=O)c1cnn(-c2ccc(Cl)cc2)c1Cl. The van der Waals surface area contributed by atoms with Crippen molar-refractivity contribution >= 4 is 29.1 Å². The second-order valence-electron chi connectivity index (χ2n) is 3.32. The lowest BCUT2D eigenvalue weighted by Gasteiger charge is -2.03. The number of carbonyl (C=O) groups is 1. The van der Waals surface area contributed by atoms with Gasteiger partial charge >= 0.3 is 0 Å². The van der Waals surface area contributed by atoms with Crippen LogP contribution in [0.2, 0.25) is 10.2 Å². The average Bonchev–Trinajstić information content (AvgIpc) is 2.71. The van der Waals surface area contributed by atoms with Gasteiger partial charge in [-0.3, -0.25) is 4.79 Å². The van der Waals surface area contributed by atoms with Gasteiger partial charge in [-0.05, 0) is 24.3 Å². The van der Waals surface area contributed by atoms with Gasteiger partial charge < -0.3 is 5.32 Å². The molecule has 0 spiro atoms. The molecule has 0 fully saturated rings. The van der Waals surface area contributed by atoms with E-state index >= 15 is 0 Å². The first-order valence-electron chi connectivity index (χ1n) is 4.85. The van der Waals surface area contributed by atoms with E-state index in [1.54, 1.807) is 24.3 Å². The van der Waals surface area contributed by atoms with Gasteiger partial charge in [0.25, 0.3) is 5.91 Å². The Bertz CT molecular complexity index is 548. The second kappa shape index (κ2) is 4.77. The van der Waals surface area contributed by atoms with Crippen molar-refractivity contribution in [3.05, 3.63) is 46.2 Å². The Labute approximate surface area is 108 Å². The number of nitrogens with zero attached hydrogens (tertiary/aromatic N) is 2.